The van der Waals surface area contributed by atoms with Gasteiger partial charge in [-0.2, -0.15) is 0 Å². The van der Waals surface area contributed by atoms with Gasteiger partial charge < -0.3 is 14.2 Å². The van der Waals surface area contributed by atoms with Gasteiger partial charge in [0.05, 0.1) is 20.0 Å². The number of carbonyl (C=O) groups is 1. The first-order valence-electron chi connectivity index (χ1n) is 9.08. The van der Waals surface area contributed by atoms with Gasteiger partial charge in [-0.1, -0.05) is 27.4 Å². The summed E-state index contributed by atoms with van der Waals surface area (Å²) in [5.41, 5.74) is 2.34. The first-order valence-corrected chi connectivity index (χ1v) is 9.08. The van der Waals surface area contributed by atoms with Crippen molar-refractivity contribution in [3.63, 3.8) is 0 Å². The van der Waals surface area contributed by atoms with Crippen molar-refractivity contribution in [1.82, 2.24) is 0 Å². The zero-order chi connectivity index (χ0) is 20.9. The van der Waals surface area contributed by atoms with Crippen LogP contribution in [0.1, 0.15) is 49.2 Å². The van der Waals surface area contributed by atoms with E-state index in [2.05, 4.69) is 27.4 Å². The topological polar surface area (TPSA) is 44.8 Å². The van der Waals surface area contributed by atoms with Gasteiger partial charge in [0.15, 0.2) is 5.78 Å². The number of hydrogen-bond donors (Lipinski definition) is 0. The van der Waals surface area contributed by atoms with Gasteiger partial charge in [-0.3, -0.25) is 4.79 Å². The van der Waals surface area contributed by atoms with Gasteiger partial charge in [-0.25, -0.2) is 0 Å². The lowest BCUT2D eigenvalue weighted by molar-refractivity contribution is 0.104. The zero-order valence-corrected chi connectivity index (χ0v) is 17.5. The lowest BCUT2D eigenvalue weighted by Crippen LogP contribution is -2.13. The van der Waals surface area contributed by atoms with Crippen LogP contribution in [0.3, 0.4) is 0 Å². The largest absolute Gasteiger partial charge is 0.496 e. The molecule has 0 fully saturated rings. The second-order valence-corrected chi connectivity index (χ2v) is 7.57. The Morgan fingerprint density at radius 3 is 2.11 bits per heavy atom. The molecule has 0 atom stereocenters. The van der Waals surface area contributed by atoms with Crippen LogP contribution in [-0.4, -0.2) is 20.0 Å². The summed E-state index contributed by atoms with van der Waals surface area (Å²) < 4.78 is 16.4. The Balaban J connectivity index is 2.31. The summed E-state index contributed by atoms with van der Waals surface area (Å²) in [4.78, 5) is 12.5. The fourth-order valence-corrected chi connectivity index (χ4v) is 2.79. The summed E-state index contributed by atoms with van der Waals surface area (Å²) >= 11 is 0. The molecule has 0 aromatic heterocycles. The Bertz CT molecular complexity index is 884. The van der Waals surface area contributed by atoms with Gasteiger partial charge in [0, 0.05) is 22.8 Å². The molecule has 0 bridgehead atoms. The molecule has 4 nitrogen and oxygen atoms in total. The van der Waals surface area contributed by atoms with Crippen LogP contribution in [0.25, 0.3) is 6.08 Å². The number of methoxy groups -OCH3 is 2. The average molecular weight is 380 g/mol. The molecule has 0 aliphatic carbocycles. The predicted molar refractivity (Wildman–Crippen MR) is 113 cm³/mol. The fourth-order valence-electron chi connectivity index (χ4n) is 2.79. The molecule has 148 valence electrons. The lowest BCUT2D eigenvalue weighted by atomic mass is 9.85. The van der Waals surface area contributed by atoms with Gasteiger partial charge in [0.1, 0.15) is 17.2 Å². The molecule has 2 rings (SSSR count). The molecule has 0 spiro atoms. The summed E-state index contributed by atoms with van der Waals surface area (Å²) in [5, 5.41) is 0. The van der Waals surface area contributed by atoms with Crippen LogP contribution < -0.4 is 14.2 Å². The van der Waals surface area contributed by atoms with Crippen molar-refractivity contribution in [2.45, 2.75) is 33.1 Å². The van der Waals surface area contributed by atoms with Gasteiger partial charge in [-0.15, -0.1) is 0 Å². The van der Waals surface area contributed by atoms with E-state index in [0.29, 0.717) is 22.8 Å². The minimum absolute atomic E-state index is 0.0999. The van der Waals surface area contributed by atoms with Crippen LogP contribution in [-0.2, 0) is 5.41 Å². The van der Waals surface area contributed by atoms with Crippen molar-refractivity contribution in [1.29, 1.82) is 0 Å². The maximum atomic E-state index is 12.5. The monoisotopic (exact) mass is 380 g/mol. The second-order valence-electron chi connectivity index (χ2n) is 7.57. The smallest absolute Gasteiger partial charge is 0.185 e. The number of carbonyl (C=O) groups excluding carboxylic acids is 1. The molecule has 2 aromatic rings. The fraction of sp³-hybridized carbons (Fsp3) is 0.292. The van der Waals surface area contributed by atoms with E-state index in [1.807, 2.05) is 12.1 Å². The average Bonchev–Trinajstić information content (AvgIpc) is 2.64. The summed E-state index contributed by atoms with van der Waals surface area (Å²) in [6.45, 7) is 11.8. The molecule has 0 saturated carbocycles. The summed E-state index contributed by atoms with van der Waals surface area (Å²) in [6.07, 6.45) is 3.32. The van der Waals surface area contributed by atoms with Crippen molar-refractivity contribution in [3.05, 3.63) is 71.5 Å². The van der Waals surface area contributed by atoms with Crippen molar-refractivity contribution in [3.8, 4) is 17.2 Å². The van der Waals surface area contributed by atoms with Crippen molar-refractivity contribution in [2.75, 3.05) is 14.2 Å². The van der Waals surface area contributed by atoms with Crippen LogP contribution in [0, 0.1) is 0 Å². The van der Waals surface area contributed by atoms with E-state index in [9.17, 15) is 4.79 Å². The Morgan fingerprint density at radius 1 is 1.00 bits per heavy atom. The number of ketones is 1. The standard InChI is InChI=1S/C24H28O4/c1-16(2)28-19-11-8-17(9-12-19)21(25)13-10-18-14-20(24(3,4)5)23(27-7)15-22(18)26-6/h8-15H,1H2,2-7H3/b13-10+. The van der Waals surface area contributed by atoms with E-state index in [1.165, 1.54) is 0 Å². The van der Waals surface area contributed by atoms with Crippen LogP contribution in [0.4, 0.5) is 0 Å². The first-order chi connectivity index (χ1) is 13.2. The third-order valence-electron chi connectivity index (χ3n) is 4.21. The van der Waals surface area contributed by atoms with Crippen molar-refractivity contribution >= 4 is 11.9 Å². The summed E-state index contributed by atoms with van der Waals surface area (Å²) in [6, 6.07) is 10.8. The molecule has 0 N–H and O–H groups in total. The molecule has 4 heteroatoms. The Labute approximate surface area is 167 Å². The highest BCUT2D eigenvalue weighted by atomic mass is 16.5. The van der Waals surface area contributed by atoms with Crippen LogP contribution in [0.2, 0.25) is 0 Å². The Kier molecular flexibility index (Phi) is 6.68. The molecule has 0 aliphatic heterocycles. The maximum absolute atomic E-state index is 12.5. The van der Waals surface area contributed by atoms with Gasteiger partial charge >= 0.3 is 0 Å². The van der Waals surface area contributed by atoms with Crippen LogP contribution >= 0.6 is 0 Å². The molecule has 0 heterocycles. The third-order valence-corrected chi connectivity index (χ3v) is 4.21. The molecular weight excluding hydrogens is 352 g/mol. The van der Waals surface area contributed by atoms with E-state index in [-0.39, 0.29) is 11.2 Å². The van der Waals surface area contributed by atoms with Gasteiger partial charge in [-0.05, 0) is 54.8 Å². The quantitative estimate of drug-likeness (QED) is 0.345. The Morgan fingerprint density at radius 2 is 1.61 bits per heavy atom. The van der Waals surface area contributed by atoms with E-state index in [4.69, 9.17) is 14.2 Å². The van der Waals surface area contributed by atoms with Crippen molar-refractivity contribution in [2.24, 2.45) is 0 Å². The number of benzene rings is 2. The normalized spacial score (nSPS) is 11.4. The zero-order valence-electron chi connectivity index (χ0n) is 17.5. The van der Waals surface area contributed by atoms with E-state index >= 15 is 0 Å². The molecule has 0 saturated heterocycles. The number of ether oxygens (including phenoxy) is 3. The molecule has 28 heavy (non-hydrogen) atoms. The highest BCUT2D eigenvalue weighted by Gasteiger charge is 2.21. The summed E-state index contributed by atoms with van der Waals surface area (Å²) in [5.74, 6) is 2.57. The minimum atomic E-state index is -0.108. The SMILES string of the molecule is C=C(C)Oc1ccc(C(=O)/C=C/c2cc(C(C)(C)C)c(OC)cc2OC)cc1. The number of allylic oxidation sites excluding steroid dienone is 2. The molecule has 2 aromatic carbocycles. The third kappa shape index (κ3) is 5.26. The molecule has 0 radical (unpaired) electrons. The van der Waals surface area contributed by atoms with Gasteiger partial charge in [0.2, 0.25) is 0 Å². The van der Waals surface area contributed by atoms with E-state index in [0.717, 1.165) is 16.9 Å². The maximum Gasteiger partial charge on any atom is 0.185 e. The predicted octanol–water partition coefficient (Wildman–Crippen LogP) is 5.81. The van der Waals surface area contributed by atoms with Crippen molar-refractivity contribution < 1.29 is 19.0 Å². The van der Waals surface area contributed by atoms with Gasteiger partial charge in [0.25, 0.3) is 0 Å². The Hall–Kier alpha value is -3.01. The number of hydrogen-bond acceptors (Lipinski definition) is 4. The molecule has 0 unspecified atom stereocenters. The summed E-state index contributed by atoms with van der Waals surface area (Å²) in [7, 11) is 3.25. The van der Waals surface area contributed by atoms with E-state index in [1.54, 1.807) is 57.6 Å². The van der Waals surface area contributed by atoms with Crippen LogP contribution in [0.5, 0.6) is 17.2 Å². The van der Waals surface area contributed by atoms with E-state index < -0.39 is 0 Å². The minimum Gasteiger partial charge on any atom is -0.496 e. The molecular formula is C24H28O4. The second kappa shape index (κ2) is 8.79. The number of rotatable bonds is 7. The van der Waals surface area contributed by atoms with Crippen LogP contribution in [0.15, 0.2) is 54.8 Å². The highest BCUT2D eigenvalue weighted by molar-refractivity contribution is 6.07. The lowest BCUT2D eigenvalue weighted by Gasteiger charge is -2.23. The molecule has 0 aliphatic rings. The first kappa shape index (κ1) is 21.3. The molecule has 0 amide bonds. The highest BCUT2D eigenvalue weighted by Crippen LogP contribution is 2.37.